The molecule has 0 radical (unpaired) electrons. The third-order valence-corrected chi connectivity index (χ3v) is 5.10. The van der Waals surface area contributed by atoms with Crippen LogP contribution >= 0.6 is 0 Å². The highest BCUT2D eigenvalue weighted by Gasteiger charge is 2.31. The SMILES string of the molecule is CC1CN(S(=O)(=O)CCc2ccccn2)CC(CN)O1. The molecule has 20 heavy (non-hydrogen) atoms. The Bertz CT molecular complexity index is 521. The van der Waals surface area contributed by atoms with Gasteiger partial charge in [0.05, 0.1) is 18.0 Å². The van der Waals surface area contributed by atoms with Crippen LogP contribution in [0.1, 0.15) is 12.6 Å². The third-order valence-electron chi connectivity index (χ3n) is 3.29. The number of sulfonamides is 1. The molecule has 112 valence electrons. The van der Waals surface area contributed by atoms with E-state index in [1.165, 1.54) is 4.31 Å². The van der Waals surface area contributed by atoms with Crippen LogP contribution in [0.2, 0.25) is 0 Å². The molecule has 0 amide bonds. The summed E-state index contributed by atoms with van der Waals surface area (Å²) >= 11 is 0. The number of ether oxygens (including phenoxy) is 1. The van der Waals surface area contributed by atoms with Crippen molar-refractivity contribution in [2.75, 3.05) is 25.4 Å². The lowest BCUT2D eigenvalue weighted by atomic mass is 10.2. The normalized spacial score (nSPS) is 24.7. The van der Waals surface area contributed by atoms with Gasteiger partial charge in [0.2, 0.25) is 10.0 Å². The van der Waals surface area contributed by atoms with Crippen LogP contribution in [0.5, 0.6) is 0 Å². The van der Waals surface area contributed by atoms with E-state index >= 15 is 0 Å². The quantitative estimate of drug-likeness (QED) is 0.827. The fraction of sp³-hybridized carbons (Fsp3) is 0.615. The van der Waals surface area contributed by atoms with Gasteiger partial charge in [0.1, 0.15) is 0 Å². The van der Waals surface area contributed by atoms with Gasteiger partial charge < -0.3 is 10.5 Å². The maximum Gasteiger partial charge on any atom is 0.214 e. The van der Waals surface area contributed by atoms with E-state index in [4.69, 9.17) is 10.5 Å². The number of rotatable bonds is 5. The molecular formula is C13H21N3O3S. The number of aryl methyl sites for hydroxylation is 1. The summed E-state index contributed by atoms with van der Waals surface area (Å²) in [6, 6.07) is 5.50. The Morgan fingerprint density at radius 3 is 2.90 bits per heavy atom. The number of morpholine rings is 1. The standard InChI is InChI=1S/C13H21N3O3S/c1-11-9-16(10-13(8-14)19-11)20(17,18)7-5-12-4-2-3-6-15-12/h2-4,6,11,13H,5,7-10,14H2,1H3. The van der Waals surface area contributed by atoms with E-state index in [9.17, 15) is 8.42 Å². The Labute approximate surface area is 120 Å². The average Bonchev–Trinajstić information content (AvgIpc) is 2.45. The Balaban J connectivity index is 1.99. The van der Waals surface area contributed by atoms with E-state index in [0.717, 1.165) is 5.69 Å². The number of nitrogens with zero attached hydrogens (tertiary/aromatic N) is 2. The molecule has 1 aromatic heterocycles. The molecule has 0 spiro atoms. The molecule has 2 heterocycles. The molecule has 1 aromatic rings. The van der Waals surface area contributed by atoms with Crippen LogP contribution in [-0.4, -0.2) is 55.3 Å². The first-order valence-electron chi connectivity index (χ1n) is 6.74. The molecule has 1 fully saturated rings. The van der Waals surface area contributed by atoms with Crippen molar-refractivity contribution in [3.8, 4) is 0 Å². The fourth-order valence-electron chi connectivity index (χ4n) is 2.27. The zero-order valence-electron chi connectivity index (χ0n) is 11.6. The highest BCUT2D eigenvalue weighted by atomic mass is 32.2. The highest BCUT2D eigenvalue weighted by molar-refractivity contribution is 7.89. The lowest BCUT2D eigenvalue weighted by Gasteiger charge is -2.35. The average molecular weight is 299 g/mol. The van der Waals surface area contributed by atoms with Crippen molar-refractivity contribution in [1.82, 2.24) is 9.29 Å². The van der Waals surface area contributed by atoms with Gasteiger partial charge in [0, 0.05) is 37.9 Å². The predicted molar refractivity (Wildman–Crippen MR) is 76.7 cm³/mol. The van der Waals surface area contributed by atoms with Crippen molar-refractivity contribution < 1.29 is 13.2 Å². The summed E-state index contributed by atoms with van der Waals surface area (Å²) in [5, 5.41) is 0. The molecule has 2 rings (SSSR count). The van der Waals surface area contributed by atoms with E-state index < -0.39 is 10.0 Å². The molecule has 1 aliphatic heterocycles. The van der Waals surface area contributed by atoms with Crippen molar-refractivity contribution in [2.24, 2.45) is 5.73 Å². The Morgan fingerprint density at radius 1 is 1.45 bits per heavy atom. The summed E-state index contributed by atoms with van der Waals surface area (Å²) in [6.07, 6.45) is 1.75. The van der Waals surface area contributed by atoms with Gasteiger partial charge in [-0.15, -0.1) is 0 Å². The van der Waals surface area contributed by atoms with Crippen LogP contribution in [0.4, 0.5) is 0 Å². The van der Waals surface area contributed by atoms with Crippen molar-refractivity contribution in [3.05, 3.63) is 30.1 Å². The summed E-state index contributed by atoms with van der Waals surface area (Å²) in [5.74, 6) is 0.0635. The molecule has 7 heteroatoms. The lowest BCUT2D eigenvalue weighted by Crippen LogP contribution is -2.52. The molecule has 2 N–H and O–H groups in total. The van der Waals surface area contributed by atoms with E-state index in [-0.39, 0.29) is 18.0 Å². The molecule has 2 unspecified atom stereocenters. The van der Waals surface area contributed by atoms with Crippen LogP contribution in [0.3, 0.4) is 0 Å². The highest BCUT2D eigenvalue weighted by Crippen LogP contribution is 2.15. The van der Waals surface area contributed by atoms with Crippen molar-refractivity contribution >= 4 is 10.0 Å². The van der Waals surface area contributed by atoms with Gasteiger partial charge >= 0.3 is 0 Å². The van der Waals surface area contributed by atoms with Crippen molar-refractivity contribution in [2.45, 2.75) is 25.6 Å². The molecule has 1 saturated heterocycles. The molecule has 0 bridgehead atoms. The van der Waals surface area contributed by atoms with E-state index in [1.807, 2.05) is 25.1 Å². The summed E-state index contributed by atoms with van der Waals surface area (Å²) < 4.78 is 31.8. The summed E-state index contributed by atoms with van der Waals surface area (Å²) in [6.45, 7) is 2.92. The molecule has 2 atom stereocenters. The topological polar surface area (TPSA) is 85.5 Å². The van der Waals surface area contributed by atoms with E-state index in [1.54, 1.807) is 6.20 Å². The zero-order valence-corrected chi connectivity index (χ0v) is 12.4. The second-order valence-electron chi connectivity index (χ2n) is 5.01. The number of nitrogens with two attached hydrogens (primary N) is 1. The second-order valence-corrected chi connectivity index (χ2v) is 7.10. The maximum atomic E-state index is 12.4. The van der Waals surface area contributed by atoms with E-state index in [0.29, 0.717) is 26.1 Å². The molecule has 6 nitrogen and oxygen atoms in total. The van der Waals surface area contributed by atoms with Crippen LogP contribution in [0, 0.1) is 0 Å². The van der Waals surface area contributed by atoms with Gasteiger partial charge in [-0.05, 0) is 19.1 Å². The Morgan fingerprint density at radius 2 is 2.25 bits per heavy atom. The monoisotopic (exact) mass is 299 g/mol. The number of aromatic nitrogens is 1. The van der Waals surface area contributed by atoms with Crippen LogP contribution in [0.25, 0.3) is 0 Å². The zero-order chi connectivity index (χ0) is 14.6. The Hall–Kier alpha value is -1.02. The number of pyridine rings is 1. The summed E-state index contributed by atoms with van der Waals surface area (Å²) in [5.41, 5.74) is 6.36. The van der Waals surface area contributed by atoms with Gasteiger partial charge in [0.15, 0.2) is 0 Å². The molecule has 1 aliphatic rings. The smallest absolute Gasteiger partial charge is 0.214 e. The van der Waals surface area contributed by atoms with Gasteiger partial charge in [-0.3, -0.25) is 4.98 Å². The largest absolute Gasteiger partial charge is 0.371 e. The predicted octanol–water partition coefficient (Wildman–Crippen LogP) is 0.00190. The lowest BCUT2D eigenvalue weighted by molar-refractivity contribution is -0.0486. The van der Waals surface area contributed by atoms with E-state index in [2.05, 4.69) is 4.98 Å². The minimum atomic E-state index is -3.30. The van der Waals surface area contributed by atoms with Gasteiger partial charge in [0.25, 0.3) is 0 Å². The minimum Gasteiger partial charge on any atom is -0.371 e. The van der Waals surface area contributed by atoms with Crippen molar-refractivity contribution in [1.29, 1.82) is 0 Å². The summed E-state index contributed by atoms with van der Waals surface area (Å²) in [7, 11) is -3.30. The second kappa shape index (κ2) is 6.62. The third kappa shape index (κ3) is 3.99. The first-order chi connectivity index (χ1) is 9.51. The maximum absolute atomic E-state index is 12.4. The fourth-order valence-corrected chi connectivity index (χ4v) is 3.82. The van der Waals surface area contributed by atoms with Gasteiger partial charge in [-0.2, -0.15) is 4.31 Å². The molecular weight excluding hydrogens is 278 g/mol. The molecule has 0 aromatic carbocycles. The van der Waals surface area contributed by atoms with Crippen LogP contribution in [-0.2, 0) is 21.2 Å². The van der Waals surface area contributed by atoms with Crippen LogP contribution in [0.15, 0.2) is 24.4 Å². The van der Waals surface area contributed by atoms with Crippen molar-refractivity contribution in [3.63, 3.8) is 0 Å². The minimum absolute atomic E-state index is 0.0635. The molecule has 0 saturated carbocycles. The first-order valence-corrected chi connectivity index (χ1v) is 8.35. The number of hydrogen-bond acceptors (Lipinski definition) is 5. The first kappa shape index (κ1) is 15.4. The Kier molecular flexibility index (Phi) is 5.09. The van der Waals surface area contributed by atoms with Crippen LogP contribution < -0.4 is 5.73 Å². The molecule has 0 aliphatic carbocycles. The summed E-state index contributed by atoms with van der Waals surface area (Å²) in [4.78, 5) is 4.15. The van der Waals surface area contributed by atoms with Gasteiger partial charge in [-0.1, -0.05) is 6.07 Å². The van der Waals surface area contributed by atoms with Gasteiger partial charge in [-0.25, -0.2) is 8.42 Å². The number of hydrogen-bond donors (Lipinski definition) is 1.